The Labute approximate surface area is 158 Å². The molecule has 0 aromatic rings. The fourth-order valence-electron chi connectivity index (χ4n) is 8.61. The lowest BCUT2D eigenvalue weighted by Crippen LogP contribution is -2.64. The van der Waals surface area contributed by atoms with Gasteiger partial charge in [-0.15, -0.1) is 0 Å². The number of aliphatic hydroxyl groups is 3. The molecule has 0 bridgehead atoms. The van der Waals surface area contributed by atoms with Gasteiger partial charge in [0.05, 0.1) is 49.7 Å². The highest BCUT2D eigenvalue weighted by Gasteiger charge is 2.97. The Balaban J connectivity index is 1.66. The fourth-order valence-corrected chi connectivity index (χ4v) is 8.61. The molecule has 0 amide bonds. The van der Waals surface area contributed by atoms with Gasteiger partial charge < -0.3 is 34.3 Å². The first-order valence-corrected chi connectivity index (χ1v) is 10.2. The molecule has 6 aliphatic rings. The predicted octanol–water partition coefficient (Wildman–Crippen LogP) is 0.0507. The molecule has 2 spiro atoms. The zero-order valence-corrected chi connectivity index (χ0v) is 16.3. The van der Waals surface area contributed by atoms with Crippen molar-refractivity contribution < 1.29 is 34.3 Å². The van der Waals surface area contributed by atoms with Gasteiger partial charge in [0.1, 0.15) is 11.2 Å². The van der Waals surface area contributed by atoms with Gasteiger partial charge in [0, 0.05) is 17.3 Å². The molecule has 152 valence electrons. The number of aliphatic hydroxyl groups excluding tert-OH is 2. The van der Waals surface area contributed by atoms with Crippen LogP contribution in [0.2, 0.25) is 0 Å². The Hall–Kier alpha value is -0.280. The quantitative estimate of drug-likeness (QED) is 0.545. The van der Waals surface area contributed by atoms with Crippen LogP contribution in [0, 0.1) is 28.1 Å². The largest absolute Gasteiger partial charge is 0.390 e. The lowest BCUT2D eigenvalue weighted by Gasteiger charge is -2.49. The van der Waals surface area contributed by atoms with E-state index in [1.165, 1.54) is 0 Å². The summed E-state index contributed by atoms with van der Waals surface area (Å²) in [5, 5.41) is 34.7. The van der Waals surface area contributed by atoms with Crippen LogP contribution in [-0.2, 0) is 18.9 Å². The minimum Gasteiger partial charge on any atom is -0.390 e. The molecular formula is C20H30O7. The normalized spacial score (nSPS) is 66.1. The van der Waals surface area contributed by atoms with Gasteiger partial charge in [0.2, 0.25) is 0 Å². The van der Waals surface area contributed by atoms with Crippen LogP contribution in [0.25, 0.3) is 0 Å². The van der Waals surface area contributed by atoms with E-state index in [2.05, 4.69) is 20.8 Å². The number of rotatable bonds is 0. The third kappa shape index (κ3) is 1.37. The Morgan fingerprint density at radius 1 is 1.04 bits per heavy atom. The summed E-state index contributed by atoms with van der Waals surface area (Å²) >= 11 is 0. The molecule has 0 radical (unpaired) electrons. The topological polar surface area (TPSA) is 97.6 Å². The van der Waals surface area contributed by atoms with E-state index in [1.807, 2.05) is 6.92 Å². The third-order valence-electron chi connectivity index (χ3n) is 9.14. The van der Waals surface area contributed by atoms with E-state index in [-0.39, 0.29) is 36.6 Å². The lowest BCUT2D eigenvalue weighted by molar-refractivity contribution is -0.244. The zero-order valence-electron chi connectivity index (χ0n) is 16.3. The first-order chi connectivity index (χ1) is 12.6. The van der Waals surface area contributed by atoms with Crippen molar-refractivity contribution in [2.45, 2.75) is 76.0 Å². The van der Waals surface area contributed by atoms with Crippen molar-refractivity contribution in [1.82, 2.24) is 0 Å². The number of fused-ring (bicyclic) bond motifs is 1. The van der Waals surface area contributed by atoms with E-state index >= 15 is 0 Å². The molecule has 7 nitrogen and oxygen atoms in total. The highest BCUT2D eigenvalue weighted by atomic mass is 16.7. The Morgan fingerprint density at radius 3 is 2.48 bits per heavy atom. The van der Waals surface area contributed by atoms with Crippen LogP contribution < -0.4 is 0 Å². The lowest BCUT2D eigenvalue weighted by atomic mass is 9.51. The second-order valence-corrected chi connectivity index (χ2v) is 10.8. The van der Waals surface area contributed by atoms with Crippen molar-refractivity contribution in [1.29, 1.82) is 0 Å². The van der Waals surface area contributed by atoms with E-state index in [0.717, 1.165) is 0 Å². The predicted molar refractivity (Wildman–Crippen MR) is 91.6 cm³/mol. The SMILES string of the molecule is C[C@@H]1COC2CC34C5OC[C@]3(O[C@@H]3OCC(O)C34[C@H](C(C)(C)C)[C@H]5O)[C@]21O. The molecule has 4 aliphatic heterocycles. The number of hydrogen-bond acceptors (Lipinski definition) is 7. The van der Waals surface area contributed by atoms with Crippen molar-refractivity contribution in [2.75, 3.05) is 19.8 Å². The minimum atomic E-state index is -1.21. The van der Waals surface area contributed by atoms with Gasteiger partial charge in [-0.3, -0.25) is 0 Å². The van der Waals surface area contributed by atoms with Crippen LogP contribution >= 0.6 is 0 Å². The molecule has 11 atom stereocenters. The zero-order chi connectivity index (χ0) is 19.2. The summed E-state index contributed by atoms with van der Waals surface area (Å²) in [6, 6.07) is 0. The van der Waals surface area contributed by atoms with Crippen LogP contribution in [0.1, 0.15) is 34.1 Å². The Bertz CT molecular complexity index is 707. The van der Waals surface area contributed by atoms with Crippen molar-refractivity contribution in [2.24, 2.45) is 28.1 Å². The molecule has 27 heavy (non-hydrogen) atoms. The van der Waals surface area contributed by atoms with Crippen LogP contribution in [0.3, 0.4) is 0 Å². The molecule has 2 aliphatic carbocycles. The third-order valence-corrected chi connectivity index (χ3v) is 9.14. The minimum absolute atomic E-state index is 0.122. The first-order valence-electron chi connectivity index (χ1n) is 10.2. The standard InChI is InChI=1S/C20H30O7/c1-9-6-24-11-5-17-14-12(22)13(16(2,3)4)19(17)10(21)7-25-15(19)27-18(17,8-26-14)20(9,11)23/h9-15,21-23H,5-8H2,1-4H3/t9-,10?,11?,12-,13+,14?,15+,17?,18-,19?,20-/m1/s1. The molecule has 2 saturated carbocycles. The van der Waals surface area contributed by atoms with Gasteiger partial charge in [0.25, 0.3) is 0 Å². The molecule has 4 saturated heterocycles. The van der Waals surface area contributed by atoms with Crippen LogP contribution in [-0.4, -0.2) is 77.0 Å². The number of ether oxygens (including phenoxy) is 4. The van der Waals surface area contributed by atoms with Gasteiger partial charge in [-0.25, -0.2) is 0 Å². The Kier molecular flexibility index (Phi) is 2.97. The van der Waals surface area contributed by atoms with Crippen molar-refractivity contribution in [3.8, 4) is 0 Å². The van der Waals surface area contributed by atoms with Gasteiger partial charge in [-0.1, -0.05) is 27.7 Å². The van der Waals surface area contributed by atoms with Crippen LogP contribution in [0.4, 0.5) is 0 Å². The molecule has 3 N–H and O–H groups in total. The monoisotopic (exact) mass is 382 g/mol. The summed E-state index contributed by atoms with van der Waals surface area (Å²) in [5.74, 6) is -0.402. The van der Waals surface area contributed by atoms with E-state index in [4.69, 9.17) is 18.9 Å². The average Bonchev–Trinajstić information content (AvgIpc) is 3.29. The van der Waals surface area contributed by atoms with Gasteiger partial charge in [-0.2, -0.15) is 0 Å². The molecule has 0 aromatic carbocycles. The molecule has 0 aromatic heterocycles. The number of hydrogen-bond donors (Lipinski definition) is 3. The molecule has 4 heterocycles. The summed E-state index contributed by atoms with van der Waals surface area (Å²) in [4.78, 5) is 0. The summed E-state index contributed by atoms with van der Waals surface area (Å²) in [6.07, 6.45) is -2.57. The first kappa shape index (κ1) is 17.6. The van der Waals surface area contributed by atoms with E-state index in [0.29, 0.717) is 13.0 Å². The maximum atomic E-state index is 12.0. The fraction of sp³-hybridized carbons (Fsp3) is 1.00. The molecule has 6 rings (SSSR count). The maximum Gasteiger partial charge on any atom is 0.168 e. The van der Waals surface area contributed by atoms with E-state index in [9.17, 15) is 15.3 Å². The second-order valence-electron chi connectivity index (χ2n) is 10.8. The summed E-state index contributed by atoms with van der Waals surface area (Å²) < 4.78 is 24.8. The van der Waals surface area contributed by atoms with Crippen molar-refractivity contribution in [3.05, 3.63) is 0 Å². The van der Waals surface area contributed by atoms with Crippen LogP contribution in [0.15, 0.2) is 0 Å². The van der Waals surface area contributed by atoms with Gasteiger partial charge in [-0.05, 0) is 11.8 Å². The highest BCUT2D eigenvalue weighted by Crippen LogP contribution is 2.84. The molecule has 7 heteroatoms. The van der Waals surface area contributed by atoms with Gasteiger partial charge in [0.15, 0.2) is 6.29 Å². The van der Waals surface area contributed by atoms with Crippen molar-refractivity contribution in [3.63, 3.8) is 0 Å². The van der Waals surface area contributed by atoms with Gasteiger partial charge >= 0.3 is 0 Å². The van der Waals surface area contributed by atoms with E-state index < -0.39 is 46.6 Å². The average molecular weight is 382 g/mol. The highest BCUT2D eigenvalue weighted by molar-refractivity contribution is 5.42. The maximum absolute atomic E-state index is 12.0. The molecule has 5 unspecified atom stereocenters. The summed E-state index contributed by atoms with van der Waals surface area (Å²) in [6.45, 7) is 9.07. The summed E-state index contributed by atoms with van der Waals surface area (Å²) in [7, 11) is 0. The summed E-state index contributed by atoms with van der Waals surface area (Å²) in [5.41, 5.74) is -4.10. The van der Waals surface area contributed by atoms with E-state index in [1.54, 1.807) is 0 Å². The molecular weight excluding hydrogens is 352 g/mol. The Morgan fingerprint density at radius 2 is 1.78 bits per heavy atom. The smallest absolute Gasteiger partial charge is 0.168 e. The van der Waals surface area contributed by atoms with Crippen molar-refractivity contribution >= 4 is 0 Å². The molecule has 6 fully saturated rings. The second kappa shape index (κ2) is 4.56. The van der Waals surface area contributed by atoms with Crippen LogP contribution in [0.5, 0.6) is 0 Å².